The molecule has 0 unspecified atom stereocenters. The lowest BCUT2D eigenvalue weighted by molar-refractivity contribution is -0.138. The van der Waals surface area contributed by atoms with Crippen LogP contribution in [0.3, 0.4) is 0 Å². The second kappa shape index (κ2) is 5.50. The normalized spacial score (nSPS) is 22.8. The van der Waals surface area contributed by atoms with Crippen molar-refractivity contribution < 1.29 is 9.53 Å². The van der Waals surface area contributed by atoms with Crippen LogP contribution in [-0.4, -0.2) is 37.1 Å². The van der Waals surface area contributed by atoms with Crippen LogP contribution in [0.1, 0.15) is 26.2 Å². The highest BCUT2D eigenvalue weighted by Gasteiger charge is 2.28. The molecule has 3 nitrogen and oxygen atoms in total. The fourth-order valence-corrected chi connectivity index (χ4v) is 2.60. The molecule has 2 rings (SSSR count). The highest BCUT2D eigenvalue weighted by molar-refractivity contribution is 5.79. The van der Waals surface area contributed by atoms with Gasteiger partial charge in [0.05, 0.1) is 0 Å². The Morgan fingerprint density at radius 3 is 2.76 bits per heavy atom. The first-order valence-electron chi connectivity index (χ1n) is 6.40. The van der Waals surface area contributed by atoms with Crippen molar-refractivity contribution in [2.24, 2.45) is 5.92 Å². The molecular formula is C14H21NO2. The van der Waals surface area contributed by atoms with Gasteiger partial charge in [0.15, 0.2) is 0 Å². The Morgan fingerprint density at radius 1 is 1.47 bits per heavy atom. The van der Waals surface area contributed by atoms with Crippen LogP contribution in [0, 0.1) is 5.92 Å². The number of carbonyl (C=O) groups is 1. The highest BCUT2D eigenvalue weighted by Crippen LogP contribution is 2.23. The molecule has 1 saturated heterocycles. The molecule has 0 aromatic rings. The van der Waals surface area contributed by atoms with Crippen LogP contribution >= 0.6 is 0 Å². The van der Waals surface area contributed by atoms with E-state index in [1.165, 1.54) is 11.1 Å². The molecule has 17 heavy (non-hydrogen) atoms. The predicted molar refractivity (Wildman–Crippen MR) is 67.6 cm³/mol. The molecule has 0 aromatic carbocycles. The van der Waals surface area contributed by atoms with Crippen LogP contribution in [0.5, 0.6) is 0 Å². The van der Waals surface area contributed by atoms with E-state index in [1.54, 1.807) is 0 Å². The summed E-state index contributed by atoms with van der Waals surface area (Å²) in [6, 6.07) is 0. The Kier molecular flexibility index (Phi) is 4.00. The molecule has 1 amide bonds. The van der Waals surface area contributed by atoms with E-state index in [2.05, 4.69) is 13.5 Å². The first-order valence-corrected chi connectivity index (χ1v) is 6.40. The number of hydrogen-bond acceptors (Lipinski definition) is 2. The Labute approximate surface area is 103 Å². The Balaban J connectivity index is 1.97. The lowest BCUT2D eigenvalue weighted by Crippen LogP contribution is -2.41. The summed E-state index contributed by atoms with van der Waals surface area (Å²) in [5, 5.41) is 0. The lowest BCUT2D eigenvalue weighted by Gasteiger charge is -2.33. The van der Waals surface area contributed by atoms with Crippen LogP contribution in [0.15, 0.2) is 23.8 Å². The van der Waals surface area contributed by atoms with Crippen LogP contribution in [-0.2, 0) is 9.53 Å². The van der Waals surface area contributed by atoms with E-state index in [1.807, 2.05) is 11.0 Å². The van der Waals surface area contributed by atoms with Crippen molar-refractivity contribution in [2.75, 3.05) is 26.3 Å². The average molecular weight is 235 g/mol. The van der Waals surface area contributed by atoms with Crippen molar-refractivity contribution >= 4 is 5.91 Å². The third kappa shape index (κ3) is 2.78. The van der Waals surface area contributed by atoms with Gasteiger partial charge >= 0.3 is 0 Å². The molecule has 0 aliphatic carbocycles. The standard InChI is InChI=1S/C14H21NO2/c1-3-12-4-7-15(10-11(12)2)14(16)13-5-8-17-9-6-13/h3,13H,1,4-10H2,2H3. The van der Waals surface area contributed by atoms with Gasteiger partial charge in [0.1, 0.15) is 0 Å². The van der Waals surface area contributed by atoms with E-state index in [0.717, 1.165) is 45.6 Å². The number of nitrogens with zero attached hydrogens (tertiary/aromatic N) is 1. The molecule has 0 saturated carbocycles. The molecule has 0 bridgehead atoms. The van der Waals surface area contributed by atoms with E-state index in [4.69, 9.17) is 4.74 Å². The van der Waals surface area contributed by atoms with Crippen molar-refractivity contribution in [3.63, 3.8) is 0 Å². The summed E-state index contributed by atoms with van der Waals surface area (Å²) >= 11 is 0. The van der Waals surface area contributed by atoms with Crippen molar-refractivity contribution in [1.29, 1.82) is 0 Å². The van der Waals surface area contributed by atoms with E-state index in [0.29, 0.717) is 5.91 Å². The predicted octanol–water partition coefficient (Wildman–Crippen LogP) is 2.15. The second-order valence-corrected chi connectivity index (χ2v) is 4.91. The van der Waals surface area contributed by atoms with Gasteiger partial charge < -0.3 is 9.64 Å². The first kappa shape index (κ1) is 12.4. The quantitative estimate of drug-likeness (QED) is 0.734. The summed E-state index contributed by atoms with van der Waals surface area (Å²) in [6.45, 7) is 9.00. The lowest BCUT2D eigenvalue weighted by atomic mass is 9.95. The molecule has 94 valence electrons. The molecule has 2 heterocycles. The number of hydrogen-bond donors (Lipinski definition) is 0. The van der Waals surface area contributed by atoms with Crippen LogP contribution < -0.4 is 0 Å². The molecule has 0 N–H and O–H groups in total. The molecule has 0 spiro atoms. The number of carbonyl (C=O) groups excluding carboxylic acids is 1. The van der Waals surface area contributed by atoms with Gasteiger partial charge in [-0.1, -0.05) is 18.2 Å². The number of rotatable bonds is 2. The zero-order valence-electron chi connectivity index (χ0n) is 10.6. The van der Waals surface area contributed by atoms with Gasteiger partial charge in [0.2, 0.25) is 5.91 Å². The summed E-state index contributed by atoms with van der Waals surface area (Å²) < 4.78 is 5.30. The summed E-state index contributed by atoms with van der Waals surface area (Å²) in [6.07, 6.45) is 4.63. The SMILES string of the molecule is C=CC1=C(C)CN(C(=O)C2CCOCC2)CC1. The van der Waals surface area contributed by atoms with Crippen molar-refractivity contribution in [2.45, 2.75) is 26.2 Å². The topological polar surface area (TPSA) is 29.5 Å². The van der Waals surface area contributed by atoms with Crippen molar-refractivity contribution in [3.05, 3.63) is 23.8 Å². The Hall–Kier alpha value is -1.09. The zero-order valence-corrected chi connectivity index (χ0v) is 10.6. The largest absolute Gasteiger partial charge is 0.381 e. The van der Waals surface area contributed by atoms with E-state index < -0.39 is 0 Å². The first-order chi connectivity index (χ1) is 8.22. The van der Waals surface area contributed by atoms with Crippen LogP contribution in [0.25, 0.3) is 0 Å². The summed E-state index contributed by atoms with van der Waals surface area (Å²) in [7, 11) is 0. The van der Waals surface area contributed by atoms with Crippen molar-refractivity contribution in [1.82, 2.24) is 4.90 Å². The summed E-state index contributed by atoms with van der Waals surface area (Å²) in [4.78, 5) is 14.3. The third-order valence-corrected chi connectivity index (χ3v) is 3.76. The van der Waals surface area contributed by atoms with E-state index >= 15 is 0 Å². The zero-order chi connectivity index (χ0) is 12.3. The second-order valence-electron chi connectivity index (χ2n) is 4.91. The minimum absolute atomic E-state index is 0.182. The van der Waals surface area contributed by atoms with Crippen LogP contribution in [0.4, 0.5) is 0 Å². The molecule has 2 aliphatic heterocycles. The molecular weight excluding hydrogens is 214 g/mol. The van der Waals surface area contributed by atoms with Gasteiger partial charge in [-0.2, -0.15) is 0 Å². The van der Waals surface area contributed by atoms with Gasteiger partial charge in [-0.15, -0.1) is 0 Å². The number of amides is 1. The molecule has 0 atom stereocenters. The summed E-state index contributed by atoms with van der Waals surface area (Å²) in [5.74, 6) is 0.498. The van der Waals surface area contributed by atoms with Gasteiger partial charge in [0.25, 0.3) is 0 Å². The van der Waals surface area contributed by atoms with E-state index in [9.17, 15) is 4.79 Å². The maximum absolute atomic E-state index is 12.3. The smallest absolute Gasteiger partial charge is 0.226 e. The summed E-state index contributed by atoms with van der Waals surface area (Å²) in [5.41, 5.74) is 2.59. The van der Waals surface area contributed by atoms with Gasteiger partial charge in [-0.05, 0) is 31.8 Å². The van der Waals surface area contributed by atoms with Crippen molar-refractivity contribution in [3.8, 4) is 0 Å². The molecule has 1 fully saturated rings. The number of allylic oxidation sites excluding steroid dienone is 1. The average Bonchev–Trinajstić information content (AvgIpc) is 2.39. The monoisotopic (exact) mass is 235 g/mol. The maximum Gasteiger partial charge on any atom is 0.226 e. The molecule has 0 aromatic heterocycles. The van der Waals surface area contributed by atoms with Gasteiger partial charge in [-0.3, -0.25) is 4.79 Å². The Bertz CT molecular complexity index is 340. The fourth-order valence-electron chi connectivity index (χ4n) is 2.60. The number of ether oxygens (including phenoxy) is 1. The Morgan fingerprint density at radius 2 is 2.18 bits per heavy atom. The van der Waals surface area contributed by atoms with Crippen LogP contribution in [0.2, 0.25) is 0 Å². The van der Waals surface area contributed by atoms with E-state index in [-0.39, 0.29) is 5.92 Å². The van der Waals surface area contributed by atoms with Gasteiger partial charge in [0, 0.05) is 32.2 Å². The minimum atomic E-state index is 0.182. The minimum Gasteiger partial charge on any atom is -0.381 e. The fraction of sp³-hybridized carbons (Fsp3) is 0.643. The maximum atomic E-state index is 12.3. The van der Waals surface area contributed by atoms with Gasteiger partial charge in [-0.25, -0.2) is 0 Å². The highest BCUT2D eigenvalue weighted by atomic mass is 16.5. The third-order valence-electron chi connectivity index (χ3n) is 3.76. The molecule has 2 aliphatic rings. The molecule has 3 heteroatoms. The molecule has 0 radical (unpaired) electrons.